The van der Waals surface area contributed by atoms with Gasteiger partial charge in [-0.25, -0.2) is 9.37 Å². The Labute approximate surface area is 130 Å². The minimum atomic E-state index is -0.394. The van der Waals surface area contributed by atoms with Crippen LogP contribution in [0.4, 0.5) is 10.1 Å². The summed E-state index contributed by atoms with van der Waals surface area (Å²) in [5.74, 6) is -0.689. The Balaban J connectivity index is 1.86. The highest BCUT2D eigenvalue weighted by Crippen LogP contribution is 2.27. The van der Waals surface area contributed by atoms with Gasteiger partial charge in [0.25, 0.3) is 5.91 Å². The van der Waals surface area contributed by atoms with Gasteiger partial charge in [-0.15, -0.1) is 11.3 Å². The van der Waals surface area contributed by atoms with Crippen molar-refractivity contribution in [2.24, 2.45) is 0 Å². The molecule has 0 saturated heterocycles. The van der Waals surface area contributed by atoms with E-state index in [-0.39, 0.29) is 5.91 Å². The van der Waals surface area contributed by atoms with E-state index < -0.39 is 5.82 Å². The molecule has 3 aromatic rings. The molecule has 1 amide bonds. The normalized spacial score (nSPS) is 10.5. The molecule has 0 aliphatic carbocycles. The zero-order valence-electron chi connectivity index (χ0n) is 11.7. The van der Waals surface area contributed by atoms with Crippen molar-refractivity contribution in [2.45, 2.75) is 6.92 Å². The van der Waals surface area contributed by atoms with Crippen molar-refractivity contribution in [3.05, 3.63) is 65.2 Å². The van der Waals surface area contributed by atoms with Crippen molar-refractivity contribution < 1.29 is 9.18 Å². The zero-order valence-corrected chi connectivity index (χ0v) is 12.5. The Morgan fingerprint density at radius 1 is 1.27 bits per heavy atom. The van der Waals surface area contributed by atoms with E-state index in [0.29, 0.717) is 16.3 Å². The van der Waals surface area contributed by atoms with E-state index in [4.69, 9.17) is 0 Å². The van der Waals surface area contributed by atoms with Gasteiger partial charge < -0.3 is 5.32 Å². The van der Waals surface area contributed by atoms with Crippen LogP contribution >= 0.6 is 11.3 Å². The summed E-state index contributed by atoms with van der Waals surface area (Å²) in [6.45, 7) is 1.77. The number of anilines is 1. The van der Waals surface area contributed by atoms with Crippen LogP contribution in [0.25, 0.3) is 10.6 Å². The number of halogens is 1. The van der Waals surface area contributed by atoms with Crippen molar-refractivity contribution in [3.63, 3.8) is 0 Å². The number of pyridine rings is 1. The van der Waals surface area contributed by atoms with Gasteiger partial charge in [0.2, 0.25) is 0 Å². The molecule has 4 nitrogen and oxygen atoms in total. The smallest absolute Gasteiger partial charge is 0.267 e. The van der Waals surface area contributed by atoms with Gasteiger partial charge in [-0.05, 0) is 37.3 Å². The molecule has 0 spiro atoms. The Morgan fingerprint density at radius 2 is 2.14 bits per heavy atom. The van der Waals surface area contributed by atoms with Crippen LogP contribution in [0.2, 0.25) is 0 Å². The molecule has 0 aliphatic rings. The van der Waals surface area contributed by atoms with Gasteiger partial charge in [0.05, 0.1) is 5.69 Å². The minimum absolute atomic E-state index is 0.296. The molecule has 6 heteroatoms. The second-order valence-electron chi connectivity index (χ2n) is 4.64. The third-order valence-electron chi connectivity index (χ3n) is 2.99. The molecule has 0 radical (unpaired) electrons. The molecular formula is C16H12FN3OS. The van der Waals surface area contributed by atoms with Crippen molar-refractivity contribution in [1.82, 2.24) is 9.97 Å². The summed E-state index contributed by atoms with van der Waals surface area (Å²) in [4.78, 5) is 21.3. The number of thiazole rings is 1. The van der Waals surface area contributed by atoms with Gasteiger partial charge in [-0.3, -0.25) is 9.78 Å². The third-order valence-corrected chi connectivity index (χ3v) is 4.20. The highest BCUT2D eigenvalue weighted by molar-refractivity contribution is 7.17. The number of hydrogen-bond donors (Lipinski definition) is 1. The molecular weight excluding hydrogens is 301 g/mol. The van der Waals surface area contributed by atoms with Crippen molar-refractivity contribution in [2.75, 3.05) is 5.32 Å². The van der Waals surface area contributed by atoms with E-state index >= 15 is 0 Å². The fourth-order valence-corrected chi connectivity index (χ4v) is 2.93. The molecule has 22 heavy (non-hydrogen) atoms. The third kappa shape index (κ3) is 3.01. The summed E-state index contributed by atoms with van der Waals surface area (Å²) in [6, 6.07) is 9.49. The fourth-order valence-electron chi connectivity index (χ4n) is 1.97. The Bertz CT molecular complexity index is 817. The first-order valence-electron chi connectivity index (χ1n) is 6.58. The van der Waals surface area contributed by atoms with E-state index in [1.807, 2.05) is 12.1 Å². The SMILES string of the molecule is Cc1nc(-c2cccnc2)sc1C(=O)Nc1cccc(F)c1. The second-order valence-corrected chi connectivity index (χ2v) is 5.64. The molecule has 0 atom stereocenters. The Morgan fingerprint density at radius 3 is 2.86 bits per heavy atom. The molecule has 0 aliphatic heterocycles. The summed E-state index contributed by atoms with van der Waals surface area (Å²) in [6.07, 6.45) is 3.38. The number of hydrogen-bond acceptors (Lipinski definition) is 4. The molecule has 0 bridgehead atoms. The number of nitrogens with one attached hydrogen (secondary N) is 1. The number of carbonyl (C=O) groups excluding carboxylic acids is 1. The quantitative estimate of drug-likeness (QED) is 0.797. The molecule has 2 aromatic heterocycles. The molecule has 3 rings (SSSR count). The number of amides is 1. The maximum atomic E-state index is 13.2. The molecule has 0 unspecified atom stereocenters. The summed E-state index contributed by atoms with van der Waals surface area (Å²) >= 11 is 1.29. The lowest BCUT2D eigenvalue weighted by molar-refractivity contribution is 0.103. The van der Waals surface area contributed by atoms with Crippen LogP contribution in [0, 0.1) is 12.7 Å². The first-order valence-corrected chi connectivity index (χ1v) is 7.40. The highest BCUT2D eigenvalue weighted by atomic mass is 32.1. The van der Waals surface area contributed by atoms with Gasteiger partial charge in [0, 0.05) is 23.6 Å². The van der Waals surface area contributed by atoms with Crippen LogP contribution in [0.3, 0.4) is 0 Å². The van der Waals surface area contributed by atoms with Crippen molar-refractivity contribution in [1.29, 1.82) is 0 Å². The van der Waals surface area contributed by atoms with E-state index in [1.165, 1.54) is 23.5 Å². The fraction of sp³-hybridized carbons (Fsp3) is 0.0625. The number of benzene rings is 1. The van der Waals surface area contributed by atoms with Crippen molar-refractivity contribution in [3.8, 4) is 10.6 Å². The lowest BCUT2D eigenvalue weighted by Gasteiger charge is -2.03. The summed E-state index contributed by atoms with van der Waals surface area (Å²) in [7, 11) is 0. The minimum Gasteiger partial charge on any atom is -0.321 e. The number of rotatable bonds is 3. The summed E-state index contributed by atoms with van der Waals surface area (Å²) in [5, 5.41) is 3.41. The summed E-state index contributed by atoms with van der Waals surface area (Å²) < 4.78 is 13.2. The maximum Gasteiger partial charge on any atom is 0.267 e. The first kappa shape index (κ1) is 14.3. The lowest BCUT2D eigenvalue weighted by Crippen LogP contribution is -2.11. The van der Waals surface area contributed by atoms with Crippen molar-refractivity contribution >= 4 is 22.9 Å². The average molecular weight is 313 g/mol. The zero-order chi connectivity index (χ0) is 15.5. The summed E-state index contributed by atoms with van der Waals surface area (Å²) in [5.41, 5.74) is 1.92. The largest absolute Gasteiger partial charge is 0.321 e. The van der Waals surface area contributed by atoms with Gasteiger partial charge in [0.1, 0.15) is 15.7 Å². The molecule has 1 aromatic carbocycles. The van der Waals surface area contributed by atoms with E-state index in [0.717, 1.165) is 10.6 Å². The topological polar surface area (TPSA) is 54.9 Å². The first-order chi connectivity index (χ1) is 10.6. The average Bonchev–Trinajstić information content (AvgIpc) is 2.90. The van der Waals surface area contributed by atoms with E-state index in [2.05, 4.69) is 15.3 Å². The molecule has 0 fully saturated rings. The van der Waals surface area contributed by atoms with E-state index in [1.54, 1.807) is 31.5 Å². The van der Waals surface area contributed by atoms with Crippen LogP contribution in [0.1, 0.15) is 15.4 Å². The monoisotopic (exact) mass is 313 g/mol. The maximum absolute atomic E-state index is 13.2. The molecule has 0 saturated carbocycles. The standard InChI is InChI=1S/C16H12FN3OS/c1-10-14(15(21)20-13-6-2-5-12(17)8-13)22-16(19-10)11-4-3-7-18-9-11/h2-9H,1H3,(H,20,21). The molecule has 110 valence electrons. The Hall–Kier alpha value is -2.60. The predicted molar refractivity (Wildman–Crippen MR) is 84.4 cm³/mol. The lowest BCUT2D eigenvalue weighted by atomic mass is 10.3. The van der Waals surface area contributed by atoms with Crippen LogP contribution < -0.4 is 5.32 Å². The van der Waals surface area contributed by atoms with Crippen LogP contribution in [-0.4, -0.2) is 15.9 Å². The van der Waals surface area contributed by atoms with Gasteiger partial charge in [-0.2, -0.15) is 0 Å². The van der Waals surface area contributed by atoms with Gasteiger partial charge >= 0.3 is 0 Å². The Kier molecular flexibility index (Phi) is 3.93. The van der Waals surface area contributed by atoms with Gasteiger partial charge in [0.15, 0.2) is 0 Å². The van der Waals surface area contributed by atoms with Gasteiger partial charge in [-0.1, -0.05) is 6.07 Å². The second kappa shape index (κ2) is 6.03. The number of aromatic nitrogens is 2. The van der Waals surface area contributed by atoms with Crippen LogP contribution in [0.15, 0.2) is 48.8 Å². The van der Waals surface area contributed by atoms with Crippen LogP contribution in [-0.2, 0) is 0 Å². The number of carbonyl (C=O) groups is 1. The number of aryl methyl sites for hydroxylation is 1. The van der Waals surface area contributed by atoms with Crippen LogP contribution in [0.5, 0.6) is 0 Å². The molecule has 1 N–H and O–H groups in total. The highest BCUT2D eigenvalue weighted by Gasteiger charge is 2.16. The number of nitrogens with zero attached hydrogens (tertiary/aromatic N) is 2. The molecule has 2 heterocycles. The van der Waals surface area contributed by atoms with E-state index in [9.17, 15) is 9.18 Å². The predicted octanol–water partition coefficient (Wildman–Crippen LogP) is 3.90.